The molecular weight excluding hydrogens is 364 g/mol. The summed E-state index contributed by atoms with van der Waals surface area (Å²) in [7, 11) is 2.03. The van der Waals surface area contributed by atoms with Crippen molar-refractivity contribution in [1.29, 1.82) is 0 Å². The Morgan fingerprint density at radius 3 is 2.60 bits per heavy atom. The molecule has 10 atom stereocenters. The quantitative estimate of drug-likeness (QED) is 0.401. The fourth-order valence-electron chi connectivity index (χ4n) is 10.5. The highest BCUT2D eigenvalue weighted by Gasteiger charge is 2.77. The molecule has 0 heterocycles. The van der Waals surface area contributed by atoms with Gasteiger partial charge in [0.2, 0.25) is 0 Å². The highest BCUT2D eigenvalue weighted by Crippen LogP contribution is 2.82. The Labute approximate surface area is 186 Å². The number of ether oxygens (including phenoxy) is 1. The molecule has 30 heavy (non-hydrogen) atoms. The third kappa shape index (κ3) is 2.75. The third-order valence-corrected chi connectivity index (χ3v) is 12.3. The average Bonchev–Trinajstić information content (AvgIpc) is 3.24. The van der Waals surface area contributed by atoms with Gasteiger partial charge in [0.25, 0.3) is 0 Å². The number of hydrogen-bond donors (Lipinski definition) is 0. The molecule has 170 valence electrons. The lowest BCUT2D eigenvalue weighted by molar-refractivity contribution is -0.161. The normalized spacial score (nSPS) is 52.9. The number of methoxy groups -OCH3 is 1. The van der Waals surface area contributed by atoms with Crippen LogP contribution in [0.3, 0.4) is 0 Å². The van der Waals surface area contributed by atoms with Crippen LogP contribution < -0.4 is 0 Å². The molecule has 0 unspecified atom stereocenters. The first kappa shape index (κ1) is 21.5. The van der Waals surface area contributed by atoms with Gasteiger partial charge in [-0.25, -0.2) is 0 Å². The molecule has 5 fully saturated rings. The number of rotatable bonds is 6. The Morgan fingerprint density at radius 1 is 1.10 bits per heavy atom. The lowest BCUT2D eigenvalue weighted by Gasteiger charge is -2.61. The third-order valence-electron chi connectivity index (χ3n) is 12.3. The molecule has 0 radical (unpaired) electrons. The molecule has 1 nitrogen and oxygen atoms in total. The van der Waals surface area contributed by atoms with Crippen molar-refractivity contribution >= 4 is 0 Å². The molecular formula is C29H48O. The van der Waals surface area contributed by atoms with Crippen LogP contribution in [0.1, 0.15) is 105 Å². The second-order valence-corrected chi connectivity index (χ2v) is 12.9. The van der Waals surface area contributed by atoms with Crippen molar-refractivity contribution in [2.75, 3.05) is 7.11 Å². The van der Waals surface area contributed by atoms with Crippen molar-refractivity contribution in [2.45, 2.75) is 111 Å². The van der Waals surface area contributed by atoms with E-state index in [9.17, 15) is 0 Å². The van der Waals surface area contributed by atoms with Crippen molar-refractivity contribution in [3.8, 4) is 0 Å². The minimum absolute atomic E-state index is 0.553. The van der Waals surface area contributed by atoms with Crippen LogP contribution in [-0.4, -0.2) is 13.2 Å². The minimum Gasteiger partial charge on any atom is -0.381 e. The Balaban J connectivity index is 1.35. The van der Waals surface area contributed by atoms with Crippen molar-refractivity contribution < 1.29 is 4.74 Å². The maximum Gasteiger partial charge on any atom is 0.0638 e. The summed E-state index contributed by atoms with van der Waals surface area (Å²) in [6.45, 7) is 12.6. The first-order valence-electron chi connectivity index (χ1n) is 13.5. The molecule has 5 rings (SSSR count). The molecule has 0 aromatic rings. The first-order valence-corrected chi connectivity index (χ1v) is 13.5. The van der Waals surface area contributed by atoms with E-state index in [1.54, 1.807) is 5.57 Å². The molecule has 1 spiro atoms. The zero-order chi connectivity index (χ0) is 21.3. The minimum atomic E-state index is 0.553. The summed E-state index contributed by atoms with van der Waals surface area (Å²) < 4.78 is 6.30. The van der Waals surface area contributed by atoms with Gasteiger partial charge in [-0.05, 0) is 124 Å². The Bertz CT molecular complexity index is 694. The zero-order valence-electron chi connectivity index (χ0n) is 20.8. The van der Waals surface area contributed by atoms with E-state index in [0.29, 0.717) is 22.3 Å². The van der Waals surface area contributed by atoms with Crippen LogP contribution in [0.25, 0.3) is 0 Å². The Morgan fingerprint density at radius 2 is 1.90 bits per heavy atom. The van der Waals surface area contributed by atoms with Gasteiger partial charge in [-0.2, -0.15) is 0 Å². The van der Waals surface area contributed by atoms with E-state index >= 15 is 0 Å². The van der Waals surface area contributed by atoms with Crippen LogP contribution in [0.5, 0.6) is 0 Å². The largest absolute Gasteiger partial charge is 0.381 e. The smallest absolute Gasteiger partial charge is 0.0638 e. The van der Waals surface area contributed by atoms with Crippen LogP contribution in [-0.2, 0) is 4.74 Å². The molecule has 0 bridgehead atoms. The van der Waals surface area contributed by atoms with E-state index in [1.165, 1.54) is 70.6 Å². The van der Waals surface area contributed by atoms with E-state index in [1.807, 2.05) is 7.11 Å². The van der Waals surface area contributed by atoms with E-state index in [0.717, 1.165) is 35.5 Å². The van der Waals surface area contributed by atoms with Crippen LogP contribution in [0, 0.1) is 51.8 Å². The van der Waals surface area contributed by atoms with Crippen LogP contribution in [0.4, 0.5) is 0 Å². The molecule has 5 aliphatic carbocycles. The van der Waals surface area contributed by atoms with Gasteiger partial charge in [-0.3, -0.25) is 0 Å². The van der Waals surface area contributed by atoms with E-state index in [4.69, 9.17) is 4.74 Å². The summed E-state index contributed by atoms with van der Waals surface area (Å²) in [5, 5.41) is 0. The van der Waals surface area contributed by atoms with E-state index in [-0.39, 0.29) is 0 Å². The summed E-state index contributed by atoms with van der Waals surface area (Å²) in [6.07, 6.45) is 18.8. The van der Waals surface area contributed by atoms with Crippen LogP contribution >= 0.6 is 0 Å². The van der Waals surface area contributed by atoms with Crippen molar-refractivity contribution in [2.24, 2.45) is 51.8 Å². The summed E-state index contributed by atoms with van der Waals surface area (Å²) in [5.41, 5.74) is 3.31. The van der Waals surface area contributed by atoms with Crippen molar-refractivity contribution in [1.82, 2.24) is 0 Å². The monoisotopic (exact) mass is 412 g/mol. The number of hydrogen-bond acceptors (Lipinski definition) is 1. The second-order valence-electron chi connectivity index (χ2n) is 12.9. The topological polar surface area (TPSA) is 9.23 Å². The SMILES string of the molecule is CC/C(C)=C/CC[C@@H](C)[C@H]1CC[C@H]2[C@@H]3C[C@@H](OC)[C@]45C[C@H]4CC[C@]5(C)[C@H]3CC[C@]12C. The lowest BCUT2D eigenvalue weighted by atomic mass is 9.45. The summed E-state index contributed by atoms with van der Waals surface area (Å²) in [6, 6.07) is 0. The molecule has 0 saturated heterocycles. The summed E-state index contributed by atoms with van der Waals surface area (Å²) in [4.78, 5) is 0. The fraction of sp³-hybridized carbons (Fsp3) is 0.931. The molecule has 0 aliphatic heterocycles. The standard InChI is InChI=1S/C29H48O/c1-7-19(2)9-8-10-20(3)23-11-12-24-22-17-26(30-6)29-18-21(29)13-16-28(29,5)25(22)14-15-27(23,24)4/h9,20-26H,7-8,10-18H2,1-6H3/b19-9+/t20-,21-,22+,23-,24+,25+,26-,27-,28-,29+/m1/s1. The average molecular weight is 413 g/mol. The van der Waals surface area contributed by atoms with Crippen molar-refractivity contribution in [3.05, 3.63) is 11.6 Å². The van der Waals surface area contributed by atoms with Gasteiger partial charge >= 0.3 is 0 Å². The predicted octanol–water partition coefficient (Wildman–Crippen LogP) is 8.04. The molecule has 5 saturated carbocycles. The molecule has 0 aromatic carbocycles. The summed E-state index contributed by atoms with van der Waals surface area (Å²) in [5.74, 6) is 5.70. The van der Waals surface area contributed by atoms with Gasteiger partial charge in [0.15, 0.2) is 0 Å². The highest BCUT2D eigenvalue weighted by atomic mass is 16.5. The van der Waals surface area contributed by atoms with Crippen LogP contribution in [0.2, 0.25) is 0 Å². The second kappa shape index (κ2) is 7.36. The maximum absolute atomic E-state index is 6.30. The fourth-order valence-corrected chi connectivity index (χ4v) is 10.5. The van der Waals surface area contributed by atoms with Gasteiger partial charge in [0, 0.05) is 12.5 Å². The maximum atomic E-state index is 6.30. The Hall–Kier alpha value is -0.300. The molecule has 5 aliphatic rings. The number of fused-ring (bicyclic) bond motifs is 4. The van der Waals surface area contributed by atoms with E-state index in [2.05, 4.69) is 40.7 Å². The number of allylic oxidation sites excluding steroid dienone is 2. The molecule has 1 heteroatoms. The van der Waals surface area contributed by atoms with Crippen LogP contribution in [0.15, 0.2) is 11.6 Å². The van der Waals surface area contributed by atoms with Crippen molar-refractivity contribution in [3.63, 3.8) is 0 Å². The highest BCUT2D eigenvalue weighted by molar-refractivity contribution is 5.26. The zero-order valence-corrected chi connectivity index (χ0v) is 20.8. The molecule has 0 aromatic heterocycles. The molecule has 0 amide bonds. The van der Waals surface area contributed by atoms with E-state index < -0.39 is 0 Å². The van der Waals surface area contributed by atoms with Gasteiger partial charge in [0.1, 0.15) is 0 Å². The molecule has 0 N–H and O–H groups in total. The lowest BCUT2D eigenvalue weighted by Crippen LogP contribution is -2.57. The van der Waals surface area contributed by atoms with Gasteiger partial charge < -0.3 is 4.74 Å². The van der Waals surface area contributed by atoms with Gasteiger partial charge in [-0.1, -0.05) is 39.3 Å². The van der Waals surface area contributed by atoms with Gasteiger partial charge in [-0.15, -0.1) is 0 Å². The predicted molar refractivity (Wildman–Crippen MR) is 126 cm³/mol. The first-order chi connectivity index (χ1) is 14.3. The summed E-state index contributed by atoms with van der Waals surface area (Å²) >= 11 is 0. The van der Waals surface area contributed by atoms with Gasteiger partial charge in [0.05, 0.1) is 6.10 Å². The Kier molecular flexibility index (Phi) is 5.28.